The Hall–Kier alpha value is -2.04. The van der Waals surface area contributed by atoms with Crippen molar-refractivity contribution in [1.82, 2.24) is 5.32 Å². The normalized spacial score (nSPS) is 17.0. The second kappa shape index (κ2) is 6.61. The number of carbonyl (C=O) groups is 2. The molecule has 0 atom stereocenters. The van der Waals surface area contributed by atoms with Crippen molar-refractivity contribution in [3.05, 3.63) is 29.8 Å². The van der Waals surface area contributed by atoms with Gasteiger partial charge in [0.2, 0.25) is 0 Å². The molecule has 0 aliphatic heterocycles. The summed E-state index contributed by atoms with van der Waals surface area (Å²) in [6, 6.07) is 6.67. The number of carboxylic acid groups (broad SMARTS) is 1. The van der Waals surface area contributed by atoms with Crippen LogP contribution in [-0.2, 0) is 11.2 Å². The Bertz CT molecular complexity index is 505. The first-order chi connectivity index (χ1) is 9.97. The Balaban J connectivity index is 1.88. The maximum absolute atomic E-state index is 12.0. The fourth-order valence-electron chi connectivity index (χ4n) is 2.77. The first kappa shape index (κ1) is 15.4. The maximum atomic E-state index is 12.0. The zero-order valence-corrected chi connectivity index (χ0v) is 12.3. The van der Waals surface area contributed by atoms with Crippen LogP contribution in [0.25, 0.3) is 0 Å². The summed E-state index contributed by atoms with van der Waals surface area (Å²) in [5.41, 5.74) is 1.26. The Morgan fingerprint density at radius 3 is 2.33 bits per heavy atom. The van der Waals surface area contributed by atoms with Crippen molar-refractivity contribution in [2.24, 2.45) is 0 Å². The highest BCUT2D eigenvalue weighted by atomic mass is 16.4. The van der Waals surface area contributed by atoms with E-state index in [0.29, 0.717) is 11.3 Å². The van der Waals surface area contributed by atoms with Gasteiger partial charge in [-0.15, -0.1) is 0 Å². The summed E-state index contributed by atoms with van der Waals surface area (Å²) in [4.78, 5) is 22.6. The van der Waals surface area contributed by atoms with Crippen molar-refractivity contribution in [1.29, 1.82) is 0 Å². The molecule has 0 spiro atoms. The van der Waals surface area contributed by atoms with Gasteiger partial charge in [0.05, 0.1) is 6.42 Å². The van der Waals surface area contributed by atoms with Crippen LogP contribution in [0.4, 0.5) is 10.5 Å². The monoisotopic (exact) mass is 290 g/mol. The Morgan fingerprint density at radius 1 is 1.14 bits per heavy atom. The summed E-state index contributed by atoms with van der Waals surface area (Å²) < 4.78 is 0. The van der Waals surface area contributed by atoms with Crippen molar-refractivity contribution < 1.29 is 14.7 Å². The van der Waals surface area contributed by atoms with Crippen LogP contribution in [0, 0.1) is 0 Å². The lowest BCUT2D eigenvalue weighted by Crippen LogP contribution is -2.48. The van der Waals surface area contributed by atoms with Gasteiger partial charge in [0.25, 0.3) is 0 Å². The van der Waals surface area contributed by atoms with Gasteiger partial charge >= 0.3 is 12.0 Å². The number of amides is 2. The molecule has 1 saturated carbocycles. The number of hydrogen-bond donors (Lipinski definition) is 3. The van der Waals surface area contributed by atoms with Gasteiger partial charge in [-0.1, -0.05) is 31.4 Å². The van der Waals surface area contributed by atoms with Crippen LogP contribution in [0.3, 0.4) is 0 Å². The van der Waals surface area contributed by atoms with Crippen molar-refractivity contribution >= 4 is 17.7 Å². The molecule has 0 radical (unpaired) electrons. The first-order valence-corrected chi connectivity index (χ1v) is 7.37. The lowest BCUT2D eigenvalue weighted by atomic mass is 9.83. The summed E-state index contributed by atoms with van der Waals surface area (Å²) in [6.07, 6.45) is 5.56. The van der Waals surface area contributed by atoms with Crippen LogP contribution in [0.5, 0.6) is 0 Å². The number of anilines is 1. The predicted octanol–water partition coefficient (Wildman–Crippen LogP) is 3.16. The van der Waals surface area contributed by atoms with Gasteiger partial charge in [-0.3, -0.25) is 4.79 Å². The zero-order chi connectivity index (χ0) is 15.3. The summed E-state index contributed by atoms with van der Waals surface area (Å²) in [7, 11) is 0. The minimum absolute atomic E-state index is 0.00938. The molecule has 0 unspecified atom stereocenters. The smallest absolute Gasteiger partial charge is 0.319 e. The van der Waals surface area contributed by atoms with Crippen LogP contribution < -0.4 is 10.6 Å². The largest absolute Gasteiger partial charge is 0.481 e. The van der Waals surface area contributed by atoms with Crippen LogP contribution in [0.1, 0.15) is 44.6 Å². The third-order valence-corrected chi connectivity index (χ3v) is 3.94. The lowest BCUT2D eigenvalue weighted by Gasteiger charge is -2.34. The molecular weight excluding hydrogens is 268 g/mol. The molecule has 1 aliphatic carbocycles. The Labute approximate surface area is 124 Å². The van der Waals surface area contributed by atoms with E-state index in [9.17, 15) is 9.59 Å². The average molecular weight is 290 g/mol. The molecule has 0 aromatic heterocycles. The molecular formula is C16H22N2O3. The SMILES string of the molecule is CC1(NC(=O)Nc2ccc(CC(=O)O)cc2)CCCCC1. The molecule has 0 bridgehead atoms. The van der Waals surface area contributed by atoms with E-state index in [2.05, 4.69) is 17.6 Å². The molecule has 2 amide bonds. The van der Waals surface area contributed by atoms with E-state index < -0.39 is 5.97 Å². The van der Waals surface area contributed by atoms with E-state index in [1.165, 1.54) is 6.42 Å². The molecule has 1 aliphatic rings. The zero-order valence-electron chi connectivity index (χ0n) is 12.3. The average Bonchev–Trinajstić information content (AvgIpc) is 2.40. The van der Waals surface area contributed by atoms with Gasteiger partial charge in [-0.05, 0) is 37.5 Å². The van der Waals surface area contributed by atoms with Gasteiger partial charge in [-0.2, -0.15) is 0 Å². The molecule has 1 aromatic rings. The number of urea groups is 1. The molecule has 5 heteroatoms. The number of nitrogens with one attached hydrogen (secondary N) is 2. The first-order valence-electron chi connectivity index (χ1n) is 7.37. The number of carboxylic acids is 1. The lowest BCUT2D eigenvalue weighted by molar-refractivity contribution is -0.136. The molecule has 1 aromatic carbocycles. The maximum Gasteiger partial charge on any atom is 0.319 e. The van der Waals surface area contributed by atoms with Gasteiger partial charge in [0, 0.05) is 11.2 Å². The molecule has 114 valence electrons. The van der Waals surface area contributed by atoms with Crippen LogP contribution in [-0.4, -0.2) is 22.6 Å². The number of rotatable bonds is 4. The summed E-state index contributed by atoms with van der Waals surface area (Å²) in [5, 5.41) is 14.6. The number of aliphatic carboxylic acids is 1. The molecule has 1 fully saturated rings. The van der Waals surface area contributed by atoms with Crippen molar-refractivity contribution in [2.75, 3.05) is 5.32 Å². The minimum atomic E-state index is -0.862. The molecule has 0 saturated heterocycles. The van der Waals surface area contributed by atoms with E-state index in [0.717, 1.165) is 25.7 Å². The molecule has 0 heterocycles. The van der Waals surface area contributed by atoms with Gasteiger partial charge < -0.3 is 15.7 Å². The molecule has 21 heavy (non-hydrogen) atoms. The highest BCUT2D eigenvalue weighted by Gasteiger charge is 2.28. The van der Waals surface area contributed by atoms with Crippen molar-refractivity contribution in [3.63, 3.8) is 0 Å². The second-order valence-corrected chi connectivity index (χ2v) is 5.97. The third kappa shape index (κ3) is 4.77. The predicted molar refractivity (Wildman–Crippen MR) is 81.4 cm³/mol. The van der Waals surface area contributed by atoms with Crippen molar-refractivity contribution in [3.8, 4) is 0 Å². The molecule has 5 nitrogen and oxygen atoms in total. The van der Waals surface area contributed by atoms with Gasteiger partial charge in [-0.25, -0.2) is 4.79 Å². The minimum Gasteiger partial charge on any atom is -0.481 e. The fraction of sp³-hybridized carbons (Fsp3) is 0.500. The summed E-state index contributed by atoms with van der Waals surface area (Å²) in [5.74, 6) is -0.862. The van der Waals surface area contributed by atoms with E-state index >= 15 is 0 Å². The van der Waals surface area contributed by atoms with E-state index in [-0.39, 0.29) is 18.0 Å². The summed E-state index contributed by atoms with van der Waals surface area (Å²) in [6.45, 7) is 2.09. The number of benzene rings is 1. The van der Waals surface area contributed by atoms with E-state index in [4.69, 9.17) is 5.11 Å². The molecule has 2 rings (SSSR count). The third-order valence-electron chi connectivity index (χ3n) is 3.94. The Morgan fingerprint density at radius 2 is 1.76 bits per heavy atom. The Kier molecular flexibility index (Phi) is 4.83. The van der Waals surface area contributed by atoms with E-state index in [1.54, 1.807) is 24.3 Å². The quantitative estimate of drug-likeness (QED) is 0.797. The molecule has 3 N–H and O–H groups in total. The van der Waals surface area contributed by atoms with Crippen molar-refractivity contribution in [2.45, 2.75) is 51.0 Å². The second-order valence-electron chi connectivity index (χ2n) is 5.97. The standard InChI is InChI=1S/C16H22N2O3/c1-16(9-3-2-4-10-16)18-15(21)17-13-7-5-12(6-8-13)11-14(19)20/h5-8H,2-4,9-11H2,1H3,(H,19,20)(H2,17,18,21). The highest BCUT2D eigenvalue weighted by Crippen LogP contribution is 2.27. The van der Waals surface area contributed by atoms with Crippen LogP contribution in [0.2, 0.25) is 0 Å². The van der Waals surface area contributed by atoms with E-state index in [1.807, 2.05) is 0 Å². The fourth-order valence-corrected chi connectivity index (χ4v) is 2.77. The van der Waals surface area contributed by atoms with Crippen LogP contribution >= 0.6 is 0 Å². The van der Waals surface area contributed by atoms with Gasteiger partial charge in [0.15, 0.2) is 0 Å². The topological polar surface area (TPSA) is 78.4 Å². The number of hydrogen-bond acceptors (Lipinski definition) is 2. The highest BCUT2D eigenvalue weighted by molar-refractivity contribution is 5.89. The van der Waals surface area contributed by atoms with Gasteiger partial charge in [0.1, 0.15) is 0 Å². The van der Waals surface area contributed by atoms with Crippen LogP contribution in [0.15, 0.2) is 24.3 Å². The summed E-state index contributed by atoms with van der Waals surface area (Å²) >= 11 is 0. The number of carbonyl (C=O) groups excluding carboxylic acids is 1.